The molecule has 2 aromatic heterocycles. The molecule has 1 N–H and O–H groups in total. The molecule has 0 saturated carbocycles. The highest BCUT2D eigenvalue weighted by molar-refractivity contribution is 6.33. The maximum absolute atomic E-state index is 13.8. The second-order valence-corrected chi connectivity index (χ2v) is 7.08. The van der Waals surface area contributed by atoms with Gasteiger partial charge in [-0.15, -0.1) is 0 Å². The molecule has 0 radical (unpaired) electrons. The molecule has 0 unspecified atom stereocenters. The van der Waals surface area contributed by atoms with E-state index in [1.165, 1.54) is 12.4 Å². The van der Waals surface area contributed by atoms with Gasteiger partial charge in [-0.3, -0.25) is 4.57 Å². The second-order valence-electron chi connectivity index (χ2n) is 6.67. The van der Waals surface area contributed by atoms with Gasteiger partial charge in [0.05, 0.1) is 21.8 Å². The molecule has 7 heteroatoms. The minimum absolute atomic E-state index is 0.493. The van der Waals surface area contributed by atoms with Crippen LogP contribution >= 0.6 is 11.6 Å². The molecule has 2 heterocycles. The molecule has 0 atom stereocenters. The van der Waals surface area contributed by atoms with Crippen LogP contribution < -0.4 is 5.32 Å². The first-order valence-electron chi connectivity index (χ1n) is 8.68. The summed E-state index contributed by atoms with van der Waals surface area (Å²) in [5.41, 5.74) is 4.67. The van der Waals surface area contributed by atoms with Crippen LogP contribution in [0.25, 0.3) is 16.7 Å². The Bertz CT molecular complexity index is 1220. The predicted molar refractivity (Wildman–Crippen MR) is 108 cm³/mol. The molecule has 4 nitrogen and oxygen atoms in total. The summed E-state index contributed by atoms with van der Waals surface area (Å²) in [4.78, 5) is 8.77. The number of nitrogens with zero attached hydrogens (tertiary/aromatic N) is 3. The van der Waals surface area contributed by atoms with Gasteiger partial charge in [-0.2, -0.15) is 0 Å². The summed E-state index contributed by atoms with van der Waals surface area (Å²) < 4.78 is 29.0. The molecule has 0 aliphatic rings. The molecule has 0 aliphatic carbocycles. The largest absolute Gasteiger partial charge is 0.338 e. The van der Waals surface area contributed by atoms with E-state index in [1.54, 1.807) is 4.57 Å². The Morgan fingerprint density at radius 1 is 0.964 bits per heavy atom. The van der Waals surface area contributed by atoms with Gasteiger partial charge in [0, 0.05) is 11.8 Å². The summed E-state index contributed by atoms with van der Waals surface area (Å²) >= 11 is 6.35. The third-order valence-electron chi connectivity index (χ3n) is 4.83. The lowest BCUT2D eigenvalue weighted by Gasteiger charge is -2.10. The van der Waals surface area contributed by atoms with E-state index < -0.39 is 11.6 Å². The summed E-state index contributed by atoms with van der Waals surface area (Å²) in [6.07, 6.45) is 1.43. The average Bonchev–Trinajstić information content (AvgIpc) is 2.92. The highest BCUT2D eigenvalue weighted by Gasteiger charge is 2.19. The zero-order chi connectivity index (χ0) is 20.0. The van der Waals surface area contributed by atoms with Crippen LogP contribution in [0.4, 0.5) is 20.3 Å². The SMILES string of the molecule is Cc1ccc(Nc2ncnc3c2c(C)c(C)n3-c2ccc(F)c(F)c2)c(Cl)c1. The number of aryl methyl sites for hydroxylation is 2. The summed E-state index contributed by atoms with van der Waals surface area (Å²) in [7, 11) is 0. The van der Waals surface area contributed by atoms with Crippen LogP contribution in [0, 0.1) is 32.4 Å². The maximum Gasteiger partial charge on any atom is 0.160 e. The average molecular weight is 399 g/mol. The van der Waals surface area contributed by atoms with Crippen LogP contribution in [0.2, 0.25) is 5.02 Å². The fraction of sp³-hybridized carbons (Fsp3) is 0.143. The van der Waals surface area contributed by atoms with Crippen LogP contribution in [0.5, 0.6) is 0 Å². The number of aromatic nitrogens is 3. The van der Waals surface area contributed by atoms with E-state index in [0.717, 1.165) is 40.0 Å². The predicted octanol–water partition coefficient (Wildman–Crippen LogP) is 6.02. The third kappa shape index (κ3) is 2.99. The van der Waals surface area contributed by atoms with Crippen molar-refractivity contribution in [1.82, 2.24) is 14.5 Å². The molecule has 0 amide bonds. The Morgan fingerprint density at radius 2 is 1.75 bits per heavy atom. The quantitative estimate of drug-likeness (QED) is 0.458. The van der Waals surface area contributed by atoms with Crippen LogP contribution in [0.1, 0.15) is 16.8 Å². The molecule has 4 aromatic rings. The first-order chi connectivity index (χ1) is 13.4. The molecular weight excluding hydrogens is 382 g/mol. The number of anilines is 2. The Hall–Kier alpha value is -2.99. The van der Waals surface area contributed by atoms with E-state index in [9.17, 15) is 8.78 Å². The number of benzene rings is 2. The highest BCUT2D eigenvalue weighted by Crippen LogP contribution is 2.34. The van der Waals surface area contributed by atoms with Crippen molar-refractivity contribution in [3.8, 4) is 5.69 Å². The standard InChI is InChI=1S/C21H17ClF2N4/c1-11-4-7-18(15(22)8-11)27-20-19-12(2)13(3)28(21(19)26-10-25-20)14-5-6-16(23)17(24)9-14/h4-10H,1-3H3,(H,25,26,27). The Balaban J connectivity index is 1.90. The van der Waals surface area contributed by atoms with Crippen molar-refractivity contribution in [2.45, 2.75) is 20.8 Å². The van der Waals surface area contributed by atoms with Crippen molar-refractivity contribution in [2.24, 2.45) is 0 Å². The summed E-state index contributed by atoms with van der Waals surface area (Å²) in [6.45, 7) is 5.81. The number of hydrogen-bond acceptors (Lipinski definition) is 3. The molecule has 0 saturated heterocycles. The Labute approximate surface area is 165 Å². The second kappa shape index (κ2) is 6.87. The van der Waals surface area contributed by atoms with Gasteiger partial charge in [-0.1, -0.05) is 17.7 Å². The van der Waals surface area contributed by atoms with E-state index in [4.69, 9.17) is 11.6 Å². The van der Waals surface area contributed by atoms with Crippen molar-refractivity contribution >= 4 is 34.1 Å². The zero-order valence-corrected chi connectivity index (χ0v) is 16.3. The van der Waals surface area contributed by atoms with E-state index >= 15 is 0 Å². The van der Waals surface area contributed by atoms with Crippen LogP contribution in [0.15, 0.2) is 42.7 Å². The lowest BCUT2D eigenvalue weighted by molar-refractivity contribution is 0.508. The van der Waals surface area contributed by atoms with Crippen LogP contribution in [-0.2, 0) is 0 Å². The first-order valence-corrected chi connectivity index (χ1v) is 9.06. The van der Waals surface area contributed by atoms with E-state index in [2.05, 4.69) is 15.3 Å². The van der Waals surface area contributed by atoms with Gasteiger partial charge in [0.2, 0.25) is 0 Å². The molecule has 2 aromatic carbocycles. The van der Waals surface area contributed by atoms with Crippen molar-refractivity contribution in [1.29, 1.82) is 0 Å². The lowest BCUT2D eigenvalue weighted by Crippen LogP contribution is -2.01. The molecule has 0 bridgehead atoms. The van der Waals surface area contributed by atoms with Gasteiger partial charge < -0.3 is 5.32 Å². The van der Waals surface area contributed by atoms with Crippen LogP contribution in [-0.4, -0.2) is 14.5 Å². The maximum atomic E-state index is 13.8. The fourth-order valence-electron chi connectivity index (χ4n) is 3.28. The smallest absolute Gasteiger partial charge is 0.160 e. The Kier molecular flexibility index (Phi) is 4.51. The normalized spacial score (nSPS) is 11.2. The van der Waals surface area contributed by atoms with E-state index in [0.29, 0.717) is 22.2 Å². The number of fused-ring (bicyclic) bond motifs is 1. The zero-order valence-electron chi connectivity index (χ0n) is 15.5. The molecule has 0 fully saturated rings. The summed E-state index contributed by atoms with van der Waals surface area (Å²) in [6, 6.07) is 9.51. The number of rotatable bonds is 3. The summed E-state index contributed by atoms with van der Waals surface area (Å²) in [5, 5.41) is 4.64. The summed E-state index contributed by atoms with van der Waals surface area (Å²) in [5.74, 6) is -1.20. The van der Waals surface area contributed by atoms with Crippen molar-refractivity contribution in [2.75, 3.05) is 5.32 Å². The van der Waals surface area contributed by atoms with Crippen molar-refractivity contribution < 1.29 is 8.78 Å². The van der Waals surface area contributed by atoms with Gasteiger partial charge in [0.15, 0.2) is 17.3 Å². The first kappa shape index (κ1) is 18.4. The minimum atomic E-state index is -0.907. The minimum Gasteiger partial charge on any atom is -0.338 e. The van der Waals surface area contributed by atoms with E-state index in [1.807, 2.05) is 39.0 Å². The number of nitrogens with one attached hydrogen (secondary N) is 1. The van der Waals surface area contributed by atoms with Crippen molar-refractivity contribution in [3.05, 3.63) is 76.2 Å². The topological polar surface area (TPSA) is 42.7 Å². The van der Waals surface area contributed by atoms with Crippen LogP contribution in [0.3, 0.4) is 0 Å². The Morgan fingerprint density at radius 3 is 2.46 bits per heavy atom. The number of halogens is 3. The molecule has 142 valence electrons. The van der Waals surface area contributed by atoms with Gasteiger partial charge in [0.1, 0.15) is 12.1 Å². The van der Waals surface area contributed by atoms with Gasteiger partial charge in [-0.25, -0.2) is 18.7 Å². The van der Waals surface area contributed by atoms with Gasteiger partial charge in [0.25, 0.3) is 0 Å². The van der Waals surface area contributed by atoms with E-state index in [-0.39, 0.29) is 0 Å². The molecular formula is C21H17ClF2N4. The molecule has 28 heavy (non-hydrogen) atoms. The monoisotopic (exact) mass is 398 g/mol. The number of hydrogen-bond donors (Lipinski definition) is 1. The fourth-order valence-corrected chi connectivity index (χ4v) is 3.56. The molecule has 0 aliphatic heterocycles. The van der Waals surface area contributed by atoms with Crippen molar-refractivity contribution in [3.63, 3.8) is 0 Å². The molecule has 0 spiro atoms. The van der Waals surface area contributed by atoms with Gasteiger partial charge in [-0.05, 0) is 56.2 Å². The van der Waals surface area contributed by atoms with Gasteiger partial charge >= 0.3 is 0 Å². The lowest BCUT2D eigenvalue weighted by atomic mass is 10.2. The third-order valence-corrected chi connectivity index (χ3v) is 5.14. The highest BCUT2D eigenvalue weighted by atomic mass is 35.5. The molecule has 4 rings (SSSR count).